The molecule has 0 saturated heterocycles. The van der Waals surface area contributed by atoms with Gasteiger partial charge in [0.2, 0.25) is 0 Å². The molecule has 2 aromatic carbocycles. The number of thiazole rings is 2. The van der Waals surface area contributed by atoms with E-state index in [-0.39, 0.29) is 16.4 Å². The summed E-state index contributed by atoms with van der Waals surface area (Å²) in [5.41, 5.74) is 13.2. The Balaban J connectivity index is 0.000000202. The second kappa shape index (κ2) is 12.0. The minimum absolute atomic E-state index is 0.0965. The van der Waals surface area contributed by atoms with Crippen molar-refractivity contribution in [3.05, 3.63) is 59.9 Å². The topological polar surface area (TPSA) is 160 Å². The number of hydrogen-bond donors (Lipinski definition) is 3. The summed E-state index contributed by atoms with van der Waals surface area (Å²) in [4.78, 5) is 30.7. The fourth-order valence-corrected chi connectivity index (χ4v) is 4.53. The van der Waals surface area contributed by atoms with Crippen molar-refractivity contribution in [3.8, 4) is 32.6 Å². The summed E-state index contributed by atoms with van der Waals surface area (Å²) in [5.74, 6) is -0.106. The van der Waals surface area contributed by atoms with Gasteiger partial charge in [0.15, 0.2) is 11.4 Å². The summed E-state index contributed by atoms with van der Waals surface area (Å²) in [6.45, 7) is 2.04. The van der Waals surface area contributed by atoms with E-state index in [2.05, 4.69) is 9.97 Å². The van der Waals surface area contributed by atoms with Gasteiger partial charge in [0, 0.05) is 11.1 Å². The fourth-order valence-electron chi connectivity index (χ4n) is 2.88. The molecule has 10 nitrogen and oxygen atoms in total. The van der Waals surface area contributed by atoms with Crippen LogP contribution < -0.4 is 20.9 Å². The first kappa shape index (κ1) is 26.4. The van der Waals surface area contributed by atoms with E-state index in [0.29, 0.717) is 21.6 Å². The van der Waals surface area contributed by atoms with E-state index in [9.17, 15) is 9.59 Å². The summed E-state index contributed by atoms with van der Waals surface area (Å²) < 4.78 is 15.0. The maximum atomic E-state index is 11.6. The maximum Gasteiger partial charge on any atom is 0.360 e. The Hall–Kier alpha value is -4.16. The number of aromatic carboxylic acids is 1. The third-order valence-corrected chi connectivity index (χ3v) is 6.52. The number of methoxy groups -OCH3 is 2. The number of esters is 1. The van der Waals surface area contributed by atoms with Crippen LogP contribution in [-0.4, -0.2) is 47.8 Å². The highest BCUT2D eigenvalue weighted by Gasteiger charge is 2.18. The molecule has 0 bridgehead atoms. The molecule has 36 heavy (non-hydrogen) atoms. The van der Waals surface area contributed by atoms with Gasteiger partial charge in [-0.1, -0.05) is 22.7 Å². The van der Waals surface area contributed by atoms with Crippen molar-refractivity contribution in [2.45, 2.75) is 6.92 Å². The molecule has 5 N–H and O–H groups in total. The number of nitrogens with two attached hydrogens (primary N) is 2. The van der Waals surface area contributed by atoms with E-state index in [1.807, 2.05) is 36.4 Å². The van der Waals surface area contributed by atoms with Gasteiger partial charge in [0.25, 0.3) is 0 Å². The number of ether oxygens (including phenoxy) is 3. The molecule has 0 unspecified atom stereocenters. The van der Waals surface area contributed by atoms with Crippen molar-refractivity contribution < 1.29 is 28.9 Å². The van der Waals surface area contributed by atoms with Crippen molar-refractivity contribution in [1.82, 2.24) is 9.97 Å². The minimum atomic E-state index is -1.11. The highest BCUT2D eigenvalue weighted by molar-refractivity contribution is 7.19. The summed E-state index contributed by atoms with van der Waals surface area (Å²) in [6, 6.07) is 14.6. The zero-order valence-corrected chi connectivity index (χ0v) is 21.3. The monoisotopic (exact) mass is 528 g/mol. The zero-order chi connectivity index (χ0) is 26.2. The van der Waals surface area contributed by atoms with Gasteiger partial charge in [0.05, 0.1) is 20.8 Å². The molecule has 0 fully saturated rings. The van der Waals surface area contributed by atoms with Gasteiger partial charge in [-0.25, -0.2) is 19.6 Å². The lowest BCUT2D eigenvalue weighted by Gasteiger charge is -2.00. The molecule has 0 aliphatic rings. The number of nitrogen functional groups attached to an aromatic ring is 2. The second-order valence-corrected chi connectivity index (χ2v) is 9.01. The third kappa shape index (κ3) is 6.29. The Labute approximate surface area is 215 Å². The molecule has 0 atom stereocenters. The molecule has 2 heterocycles. The van der Waals surface area contributed by atoms with E-state index in [0.717, 1.165) is 34.0 Å². The minimum Gasteiger partial charge on any atom is -0.497 e. The number of carboxylic acid groups (broad SMARTS) is 1. The predicted octanol–water partition coefficient (Wildman–Crippen LogP) is 4.68. The van der Waals surface area contributed by atoms with Crippen LogP contribution in [0.2, 0.25) is 0 Å². The van der Waals surface area contributed by atoms with Crippen LogP contribution in [0.3, 0.4) is 0 Å². The highest BCUT2D eigenvalue weighted by Crippen LogP contribution is 2.32. The number of nitrogens with zero attached hydrogens (tertiary/aromatic N) is 2. The molecule has 188 valence electrons. The zero-order valence-electron chi connectivity index (χ0n) is 19.7. The average molecular weight is 529 g/mol. The SMILES string of the molecule is CCOC(=O)c1nc(-c2ccc(OC)cc2)sc1N.COc1ccc(-c2nc(C(=O)O)c(N)s2)cc1. The Morgan fingerprint density at radius 2 is 1.22 bits per heavy atom. The quantitative estimate of drug-likeness (QED) is 0.287. The lowest BCUT2D eigenvalue weighted by molar-refractivity contribution is 0.0521. The summed E-state index contributed by atoms with van der Waals surface area (Å²) in [5, 5.41) is 10.7. The van der Waals surface area contributed by atoms with Gasteiger partial charge in [-0.15, -0.1) is 0 Å². The lowest BCUT2D eigenvalue weighted by atomic mass is 10.2. The summed E-state index contributed by atoms with van der Waals surface area (Å²) in [7, 11) is 3.19. The molecular weight excluding hydrogens is 504 g/mol. The Bertz CT molecular complexity index is 1330. The molecule has 0 radical (unpaired) electrons. The van der Waals surface area contributed by atoms with E-state index >= 15 is 0 Å². The number of carboxylic acids is 1. The Morgan fingerprint density at radius 1 is 0.806 bits per heavy atom. The number of carbonyl (C=O) groups excluding carboxylic acids is 1. The molecule has 2 aromatic heterocycles. The second-order valence-electron chi connectivity index (χ2n) is 6.95. The highest BCUT2D eigenvalue weighted by atomic mass is 32.1. The van der Waals surface area contributed by atoms with Crippen molar-refractivity contribution in [2.24, 2.45) is 0 Å². The van der Waals surface area contributed by atoms with Gasteiger partial charge in [-0.3, -0.25) is 0 Å². The molecule has 12 heteroatoms. The van der Waals surface area contributed by atoms with Crippen molar-refractivity contribution in [2.75, 3.05) is 32.3 Å². The van der Waals surface area contributed by atoms with Crippen molar-refractivity contribution in [3.63, 3.8) is 0 Å². The number of aromatic nitrogens is 2. The maximum absolute atomic E-state index is 11.6. The molecule has 0 aliphatic carbocycles. The first-order valence-electron chi connectivity index (χ1n) is 10.5. The van der Waals surface area contributed by atoms with Crippen LogP contribution in [0.1, 0.15) is 27.9 Å². The van der Waals surface area contributed by atoms with Crippen LogP contribution >= 0.6 is 22.7 Å². The number of anilines is 2. The standard InChI is InChI=1S/C13H14N2O3S.C11H10N2O3S/c1-3-18-13(16)10-11(14)19-12(15-10)8-4-6-9(17-2)7-5-8;1-16-7-4-2-6(3-5-7)10-13-8(11(14)15)9(12)17-10/h4-7H,3,14H2,1-2H3;2-5H,12H2,1H3,(H,14,15). The third-order valence-electron chi connectivity index (χ3n) is 4.65. The van der Waals surface area contributed by atoms with Gasteiger partial charge >= 0.3 is 11.9 Å². The van der Waals surface area contributed by atoms with Crippen LogP contribution in [0.5, 0.6) is 11.5 Å². The largest absolute Gasteiger partial charge is 0.497 e. The smallest absolute Gasteiger partial charge is 0.360 e. The van der Waals surface area contributed by atoms with Crippen LogP contribution in [0.25, 0.3) is 21.1 Å². The lowest BCUT2D eigenvalue weighted by Crippen LogP contribution is -2.07. The molecule has 0 aliphatic heterocycles. The molecule has 4 aromatic rings. The van der Waals surface area contributed by atoms with E-state index < -0.39 is 11.9 Å². The first-order chi connectivity index (χ1) is 17.3. The molecule has 0 amide bonds. The number of hydrogen-bond acceptors (Lipinski definition) is 11. The Morgan fingerprint density at radius 3 is 1.58 bits per heavy atom. The predicted molar refractivity (Wildman–Crippen MR) is 140 cm³/mol. The molecular formula is C24H24N4O6S2. The van der Waals surface area contributed by atoms with Crippen molar-refractivity contribution in [1.29, 1.82) is 0 Å². The van der Waals surface area contributed by atoms with Gasteiger partial charge in [-0.05, 0) is 55.5 Å². The number of carbonyl (C=O) groups is 2. The number of rotatable bonds is 7. The van der Waals surface area contributed by atoms with E-state index in [1.165, 1.54) is 11.3 Å². The fraction of sp³-hybridized carbons (Fsp3) is 0.167. The van der Waals surface area contributed by atoms with Crippen LogP contribution in [-0.2, 0) is 4.74 Å². The molecule has 0 saturated carbocycles. The molecule has 0 spiro atoms. The van der Waals surface area contributed by atoms with Crippen LogP contribution in [0, 0.1) is 0 Å². The van der Waals surface area contributed by atoms with Crippen LogP contribution in [0.15, 0.2) is 48.5 Å². The molecule has 4 rings (SSSR count). The number of benzene rings is 2. The normalized spacial score (nSPS) is 10.2. The Kier molecular flexibility index (Phi) is 8.81. The van der Waals surface area contributed by atoms with Gasteiger partial charge in [-0.2, -0.15) is 0 Å². The van der Waals surface area contributed by atoms with E-state index in [4.69, 9.17) is 30.8 Å². The van der Waals surface area contributed by atoms with Crippen molar-refractivity contribution >= 4 is 44.6 Å². The van der Waals surface area contributed by atoms with Gasteiger partial charge < -0.3 is 30.8 Å². The first-order valence-corrected chi connectivity index (χ1v) is 12.1. The summed E-state index contributed by atoms with van der Waals surface area (Å²) >= 11 is 2.41. The van der Waals surface area contributed by atoms with Gasteiger partial charge in [0.1, 0.15) is 31.5 Å². The van der Waals surface area contributed by atoms with Crippen LogP contribution in [0.4, 0.5) is 10.0 Å². The average Bonchev–Trinajstić information content (AvgIpc) is 3.47. The summed E-state index contributed by atoms with van der Waals surface area (Å²) in [6.07, 6.45) is 0. The van der Waals surface area contributed by atoms with E-state index in [1.54, 1.807) is 33.3 Å².